The van der Waals surface area contributed by atoms with E-state index in [0.717, 1.165) is 12.8 Å². The zero-order chi connectivity index (χ0) is 19.1. The van der Waals surface area contributed by atoms with Crippen LogP contribution in [-0.4, -0.2) is 73.0 Å². The molecule has 0 spiro atoms. The normalized spacial score (nSPS) is 21.8. The molecule has 1 aliphatic heterocycles. The van der Waals surface area contributed by atoms with Gasteiger partial charge < -0.3 is 15.0 Å². The van der Waals surface area contributed by atoms with E-state index in [-0.39, 0.29) is 30.7 Å². The molecule has 1 aliphatic carbocycles. The van der Waals surface area contributed by atoms with Crippen LogP contribution in [0.25, 0.3) is 0 Å². The van der Waals surface area contributed by atoms with Crippen LogP contribution in [0.1, 0.15) is 52.4 Å². The highest BCUT2D eigenvalue weighted by Crippen LogP contribution is 2.22. The lowest BCUT2D eigenvalue weighted by Crippen LogP contribution is -2.59. The van der Waals surface area contributed by atoms with E-state index >= 15 is 0 Å². The van der Waals surface area contributed by atoms with E-state index in [1.165, 1.54) is 19.3 Å². The molecule has 1 heterocycles. The molecular weight excluding hydrogens is 334 g/mol. The van der Waals surface area contributed by atoms with Crippen LogP contribution in [0.3, 0.4) is 0 Å². The lowest BCUT2D eigenvalue weighted by atomic mass is 9.94. The van der Waals surface area contributed by atoms with Gasteiger partial charge in [0.25, 0.3) is 0 Å². The zero-order valence-electron chi connectivity index (χ0n) is 16.3. The van der Waals surface area contributed by atoms with Crippen molar-refractivity contribution in [2.45, 2.75) is 64.5 Å². The quantitative estimate of drug-likeness (QED) is 0.683. The third-order valence-corrected chi connectivity index (χ3v) is 5.17. The Hall–Kier alpha value is -1.63. The van der Waals surface area contributed by atoms with Crippen molar-refractivity contribution in [2.24, 2.45) is 5.92 Å². The number of carbonyl (C=O) groups is 3. The van der Waals surface area contributed by atoms with Crippen molar-refractivity contribution in [3.63, 3.8) is 0 Å². The average molecular weight is 367 g/mol. The lowest BCUT2D eigenvalue weighted by molar-refractivity contribution is -0.152. The van der Waals surface area contributed by atoms with Crippen molar-refractivity contribution >= 4 is 17.8 Å². The minimum Gasteiger partial charge on any atom is -0.465 e. The fourth-order valence-electron chi connectivity index (χ4n) is 3.65. The molecule has 2 fully saturated rings. The van der Waals surface area contributed by atoms with Gasteiger partial charge in [0.1, 0.15) is 6.04 Å². The molecule has 0 radical (unpaired) electrons. The molecule has 7 heteroatoms. The SMILES string of the molecule is CC(C)COC(=O)CC1C(=O)NCCN1C(=O)CN(C)C1CCCCC1. The summed E-state index contributed by atoms with van der Waals surface area (Å²) in [5.41, 5.74) is 0. The molecule has 0 bridgehead atoms. The maximum absolute atomic E-state index is 12.8. The molecule has 0 aromatic rings. The van der Waals surface area contributed by atoms with Gasteiger partial charge in [-0.2, -0.15) is 0 Å². The fourth-order valence-corrected chi connectivity index (χ4v) is 3.65. The molecule has 1 saturated carbocycles. The van der Waals surface area contributed by atoms with Gasteiger partial charge in [-0.25, -0.2) is 0 Å². The number of ether oxygens (including phenoxy) is 1. The monoisotopic (exact) mass is 367 g/mol. The van der Waals surface area contributed by atoms with Crippen LogP contribution in [-0.2, 0) is 19.1 Å². The summed E-state index contributed by atoms with van der Waals surface area (Å²) < 4.78 is 5.19. The second-order valence-electron chi connectivity index (χ2n) is 7.88. The molecule has 2 aliphatic rings. The van der Waals surface area contributed by atoms with Crippen LogP contribution in [0, 0.1) is 5.92 Å². The van der Waals surface area contributed by atoms with Crippen molar-refractivity contribution in [1.82, 2.24) is 15.1 Å². The number of esters is 1. The Morgan fingerprint density at radius 3 is 2.62 bits per heavy atom. The number of nitrogens with one attached hydrogen (secondary N) is 1. The van der Waals surface area contributed by atoms with E-state index in [2.05, 4.69) is 10.2 Å². The van der Waals surface area contributed by atoms with Gasteiger partial charge in [-0.3, -0.25) is 19.3 Å². The number of carbonyl (C=O) groups excluding carboxylic acids is 3. The average Bonchev–Trinajstić information content (AvgIpc) is 2.62. The van der Waals surface area contributed by atoms with Gasteiger partial charge in [-0.05, 0) is 25.8 Å². The minimum absolute atomic E-state index is 0.0859. The number of piperazine rings is 1. The molecule has 7 nitrogen and oxygen atoms in total. The van der Waals surface area contributed by atoms with Gasteiger partial charge in [0.2, 0.25) is 11.8 Å². The van der Waals surface area contributed by atoms with Gasteiger partial charge >= 0.3 is 5.97 Å². The third kappa shape index (κ3) is 5.97. The first-order valence-corrected chi connectivity index (χ1v) is 9.81. The van der Waals surface area contributed by atoms with Gasteiger partial charge in [0.05, 0.1) is 19.6 Å². The second-order valence-corrected chi connectivity index (χ2v) is 7.88. The molecule has 1 unspecified atom stereocenters. The number of rotatable bonds is 7. The summed E-state index contributed by atoms with van der Waals surface area (Å²) in [5.74, 6) is -0.554. The first kappa shape index (κ1) is 20.7. The van der Waals surface area contributed by atoms with E-state index in [9.17, 15) is 14.4 Å². The highest BCUT2D eigenvalue weighted by Gasteiger charge is 2.35. The highest BCUT2D eigenvalue weighted by molar-refractivity contribution is 5.92. The van der Waals surface area contributed by atoms with Crippen molar-refractivity contribution in [3.8, 4) is 0 Å². The summed E-state index contributed by atoms with van der Waals surface area (Å²) >= 11 is 0. The van der Waals surface area contributed by atoms with Crippen molar-refractivity contribution in [1.29, 1.82) is 0 Å². The fraction of sp³-hybridized carbons (Fsp3) is 0.842. The van der Waals surface area contributed by atoms with Gasteiger partial charge in [-0.15, -0.1) is 0 Å². The lowest BCUT2D eigenvalue weighted by Gasteiger charge is -2.37. The Labute approximate surface area is 156 Å². The van der Waals surface area contributed by atoms with Crippen molar-refractivity contribution in [3.05, 3.63) is 0 Å². The summed E-state index contributed by atoms with van der Waals surface area (Å²) in [6.45, 7) is 5.39. The molecule has 2 rings (SSSR count). The summed E-state index contributed by atoms with van der Waals surface area (Å²) in [4.78, 5) is 40.7. The Kier molecular flexibility index (Phi) is 7.87. The summed E-state index contributed by atoms with van der Waals surface area (Å²) in [5, 5.41) is 2.75. The Morgan fingerprint density at radius 2 is 1.96 bits per heavy atom. The number of hydrogen-bond acceptors (Lipinski definition) is 5. The minimum atomic E-state index is -0.768. The van der Waals surface area contributed by atoms with Gasteiger partial charge in [0, 0.05) is 19.1 Å². The van der Waals surface area contributed by atoms with Crippen LogP contribution in [0.4, 0.5) is 0 Å². The summed E-state index contributed by atoms with van der Waals surface area (Å²) in [7, 11) is 1.98. The number of nitrogens with zero attached hydrogens (tertiary/aromatic N) is 2. The van der Waals surface area contributed by atoms with E-state index in [0.29, 0.717) is 25.7 Å². The Morgan fingerprint density at radius 1 is 1.27 bits per heavy atom. The van der Waals surface area contributed by atoms with Crippen LogP contribution in [0.15, 0.2) is 0 Å². The summed E-state index contributed by atoms with van der Waals surface area (Å²) in [6.07, 6.45) is 5.84. The van der Waals surface area contributed by atoms with E-state index < -0.39 is 12.0 Å². The predicted molar refractivity (Wildman–Crippen MR) is 98.4 cm³/mol. The highest BCUT2D eigenvalue weighted by atomic mass is 16.5. The van der Waals surface area contributed by atoms with E-state index in [4.69, 9.17) is 4.74 Å². The molecular formula is C19H33N3O4. The van der Waals surface area contributed by atoms with Gasteiger partial charge in [0.15, 0.2) is 0 Å². The van der Waals surface area contributed by atoms with Crippen LogP contribution in [0.2, 0.25) is 0 Å². The summed E-state index contributed by atoms with van der Waals surface area (Å²) in [6, 6.07) is -0.337. The number of likely N-dealkylation sites (N-methyl/N-ethyl adjacent to an activating group) is 1. The molecule has 0 aromatic carbocycles. The topological polar surface area (TPSA) is 79.0 Å². The third-order valence-electron chi connectivity index (χ3n) is 5.17. The molecule has 1 saturated heterocycles. The van der Waals surface area contributed by atoms with Crippen LogP contribution >= 0.6 is 0 Å². The van der Waals surface area contributed by atoms with Crippen LogP contribution in [0.5, 0.6) is 0 Å². The van der Waals surface area contributed by atoms with E-state index in [1.54, 1.807) is 4.90 Å². The van der Waals surface area contributed by atoms with Crippen molar-refractivity contribution < 1.29 is 19.1 Å². The smallest absolute Gasteiger partial charge is 0.308 e. The molecule has 2 amide bonds. The number of amides is 2. The molecule has 0 aromatic heterocycles. The molecule has 26 heavy (non-hydrogen) atoms. The molecule has 148 valence electrons. The Balaban J connectivity index is 1.93. The maximum atomic E-state index is 12.8. The van der Waals surface area contributed by atoms with Gasteiger partial charge in [-0.1, -0.05) is 33.1 Å². The standard InChI is InChI=1S/C19H33N3O4/c1-14(2)13-26-18(24)11-16-19(25)20-9-10-22(16)17(23)12-21(3)15-7-5-4-6-8-15/h14-16H,4-13H2,1-3H3,(H,20,25). The zero-order valence-corrected chi connectivity index (χ0v) is 16.3. The molecule has 1 N–H and O–H groups in total. The largest absolute Gasteiger partial charge is 0.465 e. The first-order valence-electron chi connectivity index (χ1n) is 9.81. The maximum Gasteiger partial charge on any atom is 0.308 e. The second kappa shape index (κ2) is 9.90. The predicted octanol–water partition coefficient (Wildman–Crippen LogP) is 1.17. The van der Waals surface area contributed by atoms with E-state index in [1.807, 2.05) is 20.9 Å². The van der Waals surface area contributed by atoms with Crippen molar-refractivity contribution in [2.75, 3.05) is 33.3 Å². The molecule has 1 atom stereocenters. The van der Waals surface area contributed by atoms with Crippen LogP contribution < -0.4 is 5.32 Å². The first-order chi connectivity index (χ1) is 12.4. The number of hydrogen-bond donors (Lipinski definition) is 1. The Bertz CT molecular complexity index is 503.